The molecule has 0 saturated carbocycles. The zero-order chi connectivity index (χ0) is 42.6. The fourth-order valence-electron chi connectivity index (χ4n) is 10.0. The van der Waals surface area contributed by atoms with Gasteiger partial charge in [0.1, 0.15) is 0 Å². The van der Waals surface area contributed by atoms with Crippen LogP contribution in [0.5, 0.6) is 0 Å². The molecule has 63 heavy (non-hydrogen) atoms. The smallest absolute Gasteiger partial charge is 0.0542 e. The van der Waals surface area contributed by atoms with Gasteiger partial charge in [0.05, 0.1) is 22.1 Å². The molecular formula is C60H49N3. The Balaban J connectivity index is 1.08. The third kappa shape index (κ3) is 6.51. The zero-order valence-electron chi connectivity index (χ0n) is 36.3. The molecule has 9 aromatic carbocycles. The zero-order valence-corrected chi connectivity index (χ0v) is 36.3. The molecule has 0 N–H and O–H groups in total. The van der Waals surface area contributed by atoms with E-state index in [1.807, 2.05) is 0 Å². The minimum atomic E-state index is 1.04. The van der Waals surface area contributed by atoms with Crippen LogP contribution in [0.4, 0.5) is 17.1 Å². The van der Waals surface area contributed by atoms with Crippen LogP contribution in [-0.2, 0) is 6.42 Å². The topological polar surface area (TPSA) is 13.1 Å². The van der Waals surface area contributed by atoms with Crippen LogP contribution in [-0.4, -0.2) is 9.13 Å². The van der Waals surface area contributed by atoms with Crippen LogP contribution < -0.4 is 4.90 Å². The quantitative estimate of drug-likeness (QED) is 0.142. The average molecular weight is 812 g/mol. The molecule has 0 atom stereocenters. The highest BCUT2D eigenvalue weighted by atomic mass is 15.1. The van der Waals surface area contributed by atoms with Crippen molar-refractivity contribution in [3.8, 4) is 33.6 Å². The maximum absolute atomic E-state index is 2.45. The molecular weight excluding hydrogens is 763 g/mol. The van der Waals surface area contributed by atoms with E-state index in [0.29, 0.717) is 0 Å². The first-order chi connectivity index (χ1) is 31.0. The molecule has 0 aliphatic rings. The first kappa shape index (κ1) is 38.3. The Hall–Kier alpha value is -7.62. The van der Waals surface area contributed by atoms with Crippen molar-refractivity contribution < 1.29 is 0 Å². The lowest BCUT2D eigenvalue weighted by Gasteiger charge is -2.26. The van der Waals surface area contributed by atoms with Crippen molar-refractivity contribution in [3.63, 3.8) is 0 Å². The first-order valence-corrected chi connectivity index (χ1v) is 22.2. The number of benzene rings is 9. The van der Waals surface area contributed by atoms with E-state index in [4.69, 9.17) is 0 Å². The van der Waals surface area contributed by atoms with Crippen molar-refractivity contribution in [1.82, 2.24) is 9.13 Å². The van der Waals surface area contributed by atoms with Crippen LogP contribution in [0.3, 0.4) is 0 Å². The normalized spacial score (nSPS) is 11.6. The van der Waals surface area contributed by atoms with Gasteiger partial charge in [-0.05, 0) is 157 Å². The number of para-hydroxylation sites is 3. The fourth-order valence-corrected chi connectivity index (χ4v) is 10.0. The van der Waals surface area contributed by atoms with E-state index in [2.05, 4.69) is 242 Å². The molecule has 0 saturated heterocycles. The van der Waals surface area contributed by atoms with Gasteiger partial charge < -0.3 is 14.0 Å². The van der Waals surface area contributed by atoms with Gasteiger partial charge in [0.2, 0.25) is 0 Å². The number of aryl methyl sites for hydroxylation is 4. The molecule has 2 aromatic heterocycles. The largest absolute Gasteiger partial charge is 0.310 e. The lowest BCUT2D eigenvalue weighted by atomic mass is 9.93. The first-order valence-electron chi connectivity index (χ1n) is 22.2. The molecule has 0 aliphatic heterocycles. The molecule has 0 fully saturated rings. The molecule has 3 nitrogen and oxygen atoms in total. The summed E-state index contributed by atoms with van der Waals surface area (Å²) in [5.74, 6) is 0. The fraction of sp³-hybridized carbons (Fsp3) is 0.100. The van der Waals surface area contributed by atoms with Gasteiger partial charge in [-0.2, -0.15) is 0 Å². The minimum Gasteiger partial charge on any atom is -0.310 e. The van der Waals surface area contributed by atoms with Crippen molar-refractivity contribution in [3.05, 3.63) is 222 Å². The van der Waals surface area contributed by atoms with E-state index < -0.39 is 0 Å². The molecule has 11 aromatic rings. The van der Waals surface area contributed by atoms with Crippen LogP contribution in [0.2, 0.25) is 0 Å². The molecule has 0 unspecified atom stereocenters. The summed E-state index contributed by atoms with van der Waals surface area (Å²) in [5.41, 5.74) is 20.8. The number of hydrogen-bond donors (Lipinski definition) is 0. The second kappa shape index (κ2) is 15.7. The predicted octanol–water partition coefficient (Wildman–Crippen LogP) is 16.6. The summed E-state index contributed by atoms with van der Waals surface area (Å²) in [7, 11) is 0. The van der Waals surface area contributed by atoms with E-state index >= 15 is 0 Å². The van der Waals surface area contributed by atoms with Crippen LogP contribution in [0.15, 0.2) is 200 Å². The monoisotopic (exact) mass is 811 g/mol. The molecule has 11 rings (SSSR count). The Morgan fingerprint density at radius 2 is 0.810 bits per heavy atom. The number of fused-ring (bicyclic) bond motifs is 6. The summed E-state index contributed by atoms with van der Waals surface area (Å²) in [6.45, 7) is 8.90. The number of aromatic nitrogens is 2. The van der Waals surface area contributed by atoms with Crippen LogP contribution >= 0.6 is 0 Å². The highest BCUT2D eigenvalue weighted by Crippen LogP contribution is 2.43. The van der Waals surface area contributed by atoms with Crippen LogP contribution in [0, 0.1) is 20.8 Å². The summed E-state index contributed by atoms with van der Waals surface area (Å²) in [4.78, 5) is 2.41. The number of hydrogen-bond acceptors (Lipinski definition) is 1. The molecule has 0 spiro atoms. The van der Waals surface area contributed by atoms with Gasteiger partial charge in [-0.1, -0.05) is 129 Å². The lowest BCUT2D eigenvalue weighted by Crippen LogP contribution is -2.09. The molecule has 0 aliphatic carbocycles. The van der Waals surface area contributed by atoms with Gasteiger partial charge in [-0.15, -0.1) is 0 Å². The van der Waals surface area contributed by atoms with Crippen molar-refractivity contribution in [2.75, 3.05) is 4.90 Å². The van der Waals surface area contributed by atoms with E-state index in [9.17, 15) is 0 Å². The maximum atomic E-state index is 2.45. The highest BCUT2D eigenvalue weighted by molar-refractivity contribution is 6.12. The Bertz CT molecular complexity index is 3510. The van der Waals surface area contributed by atoms with Crippen LogP contribution in [0.1, 0.15) is 35.6 Å². The van der Waals surface area contributed by atoms with E-state index in [1.165, 1.54) is 93.8 Å². The van der Waals surface area contributed by atoms with Gasteiger partial charge in [-0.3, -0.25) is 0 Å². The molecule has 0 bridgehead atoms. The lowest BCUT2D eigenvalue weighted by molar-refractivity contribution is 0.922. The molecule has 0 amide bonds. The van der Waals surface area contributed by atoms with Gasteiger partial charge in [0.15, 0.2) is 0 Å². The summed E-state index contributed by atoms with van der Waals surface area (Å²) in [5, 5.41) is 4.91. The summed E-state index contributed by atoms with van der Waals surface area (Å²) in [6, 6.07) is 73.9. The van der Waals surface area contributed by atoms with E-state index in [-0.39, 0.29) is 0 Å². The molecule has 2 heterocycles. The van der Waals surface area contributed by atoms with Gasteiger partial charge in [0.25, 0.3) is 0 Å². The highest BCUT2D eigenvalue weighted by Gasteiger charge is 2.21. The predicted molar refractivity (Wildman–Crippen MR) is 269 cm³/mol. The third-order valence-corrected chi connectivity index (χ3v) is 13.1. The second-order valence-electron chi connectivity index (χ2n) is 17.0. The van der Waals surface area contributed by atoms with Gasteiger partial charge in [0, 0.05) is 50.0 Å². The maximum Gasteiger partial charge on any atom is 0.0542 e. The average Bonchev–Trinajstić information content (AvgIpc) is 3.83. The van der Waals surface area contributed by atoms with Crippen molar-refractivity contribution in [2.45, 2.75) is 40.5 Å². The second-order valence-corrected chi connectivity index (χ2v) is 17.0. The van der Waals surface area contributed by atoms with E-state index in [0.717, 1.165) is 35.6 Å². The SMILES string of the molecule is CCCc1ccc(-n2c3ccccc3c3cc(N(c4ccccc4)c4ccc5c(c4)c4ccccc4n5-c4ccc(C)c(-c5ccccc5C)c4)ccc32)cc1-c1ccccc1C. The number of nitrogens with zero attached hydrogens (tertiary/aromatic N) is 3. The Kier molecular flexibility index (Phi) is 9.54. The van der Waals surface area contributed by atoms with Crippen molar-refractivity contribution in [1.29, 1.82) is 0 Å². The molecule has 3 heteroatoms. The minimum absolute atomic E-state index is 1.04. The summed E-state index contributed by atoms with van der Waals surface area (Å²) >= 11 is 0. The Morgan fingerprint density at radius 1 is 0.349 bits per heavy atom. The summed E-state index contributed by atoms with van der Waals surface area (Å²) < 4.78 is 4.89. The Morgan fingerprint density at radius 3 is 1.38 bits per heavy atom. The third-order valence-electron chi connectivity index (χ3n) is 13.1. The standard InChI is InChI=1S/C60H49N3/c1-5-17-43-29-31-48(37-54(43)50-23-12-10-19-41(50)3)63-58-27-16-14-25-52(58)56-39-46(33-35-60(56)63)61(44-20-7-6-8-21-44)45-32-34-59-55(38-45)51-24-13-15-26-57(51)62(59)47-30-28-42(4)53(36-47)49-22-11-9-18-40(49)2/h6-16,18-39H,5,17H2,1-4H3. The molecule has 304 valence electrons. The van der Waals surface area contributed by atoms with Crippen LogP contribution in [0.25, 0.3) is 77.2 Å². The van der Waals surface area contributed by atoms with Gasteiger partial charge >= 0.3 is 0 Å². The molecule has 0 radical (unpaired) electrons. The van der Waals surface area contributed by atoms with E-state index in [1.54, 1.807) is 0 Å². The number of anilines is 3. The van der Waals surface area contributed by atoms with Gasteiger partial charge in [-0.25, -0.2) is 0 Å². The Labute approximate surface area is 369 Å². The van der Waals surface area contributed by atoms with Crippen molar-refractivity contribution >= 4 is 60.7 Å². The van der Waals surface area contributed by atoms with Crippen molar-refractivity contribution in [2.24, 2.45) is 0 Å². The number of rotatable bonds is 9. The summed E-state index contributed by atoms with van der Waals surface area (Å²) in [6.07, 6.45) is 2.15.